The topological polar surface area (TPSA) is 87.7 Å². The predicted octanol–water partition coefficient (Wildman–Crippen LogP) is 1.74. The Hall–Kier alpha value is -0.900. The molecule has 1 aliphatic rings. The molecule has 0 unspecified atom stereocenters. The van der Waals surface area contributed by atoms with Gasteiger partial charge in [-0.3, -0.25) is 9.69 Å². The van der Waals surface area contributed by atoms with Gasteiger partial charge in [0.05, 0.1) is 28.8 Å². The summed E-state index contributed by atoms with van der Waals surface area (Å²) in [7, 11) is -3.84. The lowest BCUT2D eigenvalue weighted by Crippen LogP contribution is -2.41. The number of ether oxygens (including phenoxy) is 1. The van der Waals surface area contributed by atoms with Gasteiger partial charge < -0.3 is 10.1 Å². The van der Waals surface area contributed by atoms with E-state index in [-0.39, 0.29) is 26.5 Å². The Labute approximate surface area is 164 Å². The molecule has 0 bridgehead atoms. The minimum Gasteiger partial charge on any atom is -0.379 e. The molecule has 0 radical (unpaired) electrons. The lowest BCUT2D eigenvalue weighted by Gasteiger charge is -2.26. The van der Waals surface area contributed by atoms with Crippen LogP contribution in [0.15, 0.2) is 17.0 Å². The van der Waals surface area contributed by atoms with E-state index in [9.17, 15) is 13.2 Å². The molecule has 2 N–H and O–H groups in total. The maximum Gasteiger partial charge on any atom is 0.252 e. The Morgan fingerprint density at radius 1 is 1.23 bits per heavy atom. The number of rotatable bonds is 7. The second-order valence-corrected chi connectivity index (χ2v) is 8.75. The van der Waals surface area contributed by atoms with Crippen molar-refractivity contribution in [2.24, 2.45) is 0 Å². The first-order valence-corrected chi connectivity index (χ1v) is 10.5. The van der Waals surface area contributed by atoms with Gasteiger partial charge in [0.1, 0.15) is 4.90 Å². The summed E-state index contributed by atoms with van der Waals surface area (Å²) >= 11 is 12.1. The SMILES string of the molecule is CC(C)NS(=O)(=O)c1cc(C(=O)NCCN2CCOCC2)c(Cl)cc1Cl. The van der Waals surface area contributed by atoms with Crippen LogP contribution in [0.1, 0.15) is 24.2 Å². The Morgan fingerprint density at radius 3 is 2.50 bits per heavy atom. The zero-order valence-corrected chi connectivity index (χ0v) is 17.0. The molecule has 26 heavy (non-hydrogen) atoms. The largest absolute Gasteiger partial charge is 0.379 e. The van der Waals surface area contributed by atoms with Crippen molar-refractivity contribution < 1.29 is 17.9 Å². The van der Waals surface area contributed by atoms with E-state index in [1.165, 1.54) is 12.1 Å². The number of morpholine rings is 1. The van der Waals surface area contributed by atoms with E-state index in [1.54, 1.807) is 13.8 Å². The molecule has 1 aromatic rings. The number of carbonyl (C=O) groups excluding carboxylic acids is 1. The van der Waals surface area contributed by atoms with Crippen molar-refractivity contribution in [1.29, 1.82) is 0 Å². The van der Waals surface area contributed by atoms with E-state index < -0.39 is 15.9 Å². The normalized spacial score (nSPS) is 16.0. The number of benzene rings is 1. The summed E-state index contributed by atoms with van der Waals surface area (Å²) in [6.45, 7) is 7.50. The molecule has 0 atom stereocenters. The van der Waals surface area contributed by atoms with Crippen molar-refractivity contribution in [2.75, 3.05) is 39.4 Å². The van der Waals surface area contributed by atoms with Crippen LogP contribution >= 0.6 is 23.2 Å². The Bertz CT molecular complexity index is 750. The van der Waals surface area contributed by atoms with Crippen molar-refractivity contribution >= 4 is 39.1 Å². The summed E-state index contributed by atoms with van der Waals surface area (Å²) in [4.78, 5) is 14.4. The van der Waals surface area contributed by atoms with Gasteiger partial charge in [-0.2, -0.15) is 0 Å². The van der Waals surface area contributed by atoms with Gasteiger partial charge in [-0.15, -0.1) is 0 Å². The van der Waals surface area contributed by atoms with Crippen LogP contribution in [0.5, 0.6) is 0 Å². The highest BCUT2D eigenvalue weighted by Crippen LogP contribution is 2.28. The molecule has 1 amide bonds. The monoisotopic (exact) mass is 423 g/mol. The average Bonchev–Trinajstić information content (AvgIpc) is 2.54. The van der Waals surface area contributed by atoms with Gasteiger partial charge in [-0.05, 0) is 26.0 Å². The third-order valence-electron chi connectivity index (χ3n) is 3.76. The molecule has 1 heterocycles. The highest BCUT2D eigenvalue weighted by molar-refractivity contribution is 7.89. The van der Waals surface area contributed by atoms with Crippen LogP contribution in [0, 0.1) is 0 Å². The zero-order chi connectivity index (χ0) is 19.3. The molecular formula is C16H23Cl2N3O4S. The van der Waals surface area contributed by atoms with Gasteiger partial charge in [0.25, 0.3) is 5.91 Å². The number of amides is 1. The lowest BCUT2D eigenvalue weighted by molar-refractivity contribution is 0.0383. The molecule has 0 aromatic heterocycles. The van der Waals surface area contributed by atoms with E-state index in [0.29, 0.717) is 26.3 Å². The molecule has 0 saturated carbocycles. The maximum atomic E-state index is 12.4. The van der Waals surface area contributed by atoms with Crippen molar-refractivity contribution in [3.05, 3.63) is 27.7 Å². The first-order valence-electron chi connectivity index (χ1n) is 8.30. The Balaban J connectivity index is 2.10. The minimum atomic E-state index is -3.84. The second kappa shape index (κ2) is 9.34. The Morgan fingerprint density at radius 2 is 1.88 bits per heavy atom. The van der Waals surface area contributed by atoms with Crippen LogP contribution in [0.3, 0.4) is 0 Å². The summed E-state index contributed by atoms with van der Waals surface area (Å²) in [5, 5.41) is 2.83. The minimum absolute atomic E-state index is 0.0342. The van der Waals surface area contributed by atoms with Gasteiger partial charge in [0.2, 0.25) is 10.0 Å². The number of sulfonamides is 1. The van der Waals surface area contributed by atoms with Crippen molar-refractivity contribution in [3.63, 3.8) is 0 Å². The fraction of sp³-hybridized carbons (Fsp3) is 0.562. The maximum absolute atomic E-state index is 12.4. The third kappa shape index (κ3) is 5.80. The molecular weight excluding hydrogens is 401 g/mol. The number of carbonyl (C=O) groups is 1. The van der Waals surface area contributed by atoms with Gasteiger partial charge >= 0.3 is 0 Å². The number of hydrogen-bond acceptors (Lipinski definition) is 5. The van der Waals surface area contributed by atoms with Crippen LogP contribution in [-0.4, -0.2) is 64.7 Å². The molecule has 1 aliphatic heterocycles. The number of halogens is 2. The van der Waals surface area contributed by atoms with E-state index in [0.717, 1.165) is 13.1 Å². The van der Waals surface area contributed by atoms with Gasteiger partial charge in [0, 0.05) is 32.2 Å². The number of nitrogens with one attached hydrogen (secondary N) is 2. The molecule has 146 valence electrons. The zero-order valence-electron chi connectivity index (χ0n) is 14.7. The predicted molar refractivity (Wildman–Crippen MR) is 102 cm³/mol. The van der Waals surface area contributed by atoms with Gasteiger partial charge in [-0.25, -0.2) is 13.1 Å². The fourth-order valence-corrected chi connectivity index (χ4v) is 4.64. The molecule has 0 spiro atoms. The first kappa shape index (κ1) is 21.4. The van der Waals surface area contributed by atoms with Crippen LogP contribution < -0.4 is 10.0 Å². The number of hydrogen-bond donors (Lipinski definition) is 2. The van der Waals surface area contributed by atoms with Crippen molar-refractivity contribution in [2.45, 2.75) is 24.8 Å². The van der Waals surface area contributed by atoms with E-state index in [1.807, 2.05) is 0 Å². The molecule has 10 heteroatoms. The van der Waals surface area contributed by atoms with Crippen molar-refractivity contribution in [1.82, 2.24) is 14.9 Å². The smallest absolute Gasteiger partial charge is 0.252 e. The molecule has 7 nitrogen and oxygen atoms in total. The van der Waals surface area contributed by atoms with Crippen molar-refractivity contribution in [3.8, 4) is 0 Å². The summed E-state index contributed by atoms with van der Waals surface area (Å²) in [6.07, 6.45) is 0. The first-order chi connectivity index (χ1) is 12.2. The van der Waals surface area contributed by atoms with E-state index in [2.05, 4.69) is 14.9 Å². The standard InChI is InChI=1S/C16H23Cl2N3O4S/c1-11(2)20-26(23,24)15-9-12(13(17)10-14(15)18)16(22)19-3-4-21-5-7-25-8-6-21/h9-11,20H,3-8H2,1-2H3,(H,19,22). The quantitative estimate of drug-likeness (QED) is 0.697. The van der Waals surface area contributed by atoms with Gasteiger partial charge in [-0.1, -0.05) is 23.2 Å². The van der Waals surface area contributed by atoms with E-state index in [4.69, 9.17) is 27.9 Å². The summed E-state index contributed by atoms with van der Waals surface area (Å²) in [5.74, 6) is -0.444. The van der Waals surface area contributed by atoms with Crippen LogP contribution in [-0.2, 0) is 14.8 Å². The summed E-state index contributed by atoms with van der Waals surface area (Å²) in [6, 6.07) is 2.17. The lowest BCUT2D eigenvalue weighted by atomic mass is 10.2. The second-order valence-electron chi connectivity index (χ2n) is 6.25. The summed E-state index contributed by atoms with van der Waals surface area (Å²) < 4.78 is 32.5. The third-order valence-corrected chi connectivity index (χ3v) is 6.20. The molecule has 1 fully saturated rings. The molecule has 1 aromatic carbocycles. The number of nitrogens with zero attached hydrogens (tertiary/aromatic N) is 1. The Kier molecular flexibility index (Phi) is 7.69. The average molecular weight is 424 g/mol. The van der Waals surface area contributed by atoms with Crippen LogP contribution in [0.4, 0.5) is 0 Å². The molecule has 0 aliphatic carbocycles. The molecule has 2 rings (SSSR count). The van der Waals surface area contributed by atoms with Crippen LogP contribution in [0.25, 0.3) is 0 Å². The summed E-state index contributed by atoms with van der Waals surface area (Å²) in [5.41, 5.74) is 0.0715. The molecule has 1 saturated heterocycles. The van der Waals surface area contributed by atoms with Crippen LogP contribution in [0.2, 0.25) is 10.0 Å². The van der Waals surface area contributed by atoms with Gasteiger partial charge in [0.15, 0.2) is 0 Å². The highest BCUT2D eigenvalue weighted by Gasteiger charge is 2.23. The fourth-order valence-electron chi connectivity index (χ4n) is 2.53. The highest BCUT2D eigenvalue weighted by atomic mass is 35.5. The van der Waals surface area contributed by atoms with E-state index >= 15 is 0 Å².